The summed E-state index contributed by atoms with van der Waals surface area (Å²) in [6, 6.07) is 7.81. The summed E-state index contributed by atoms with van der Waals surface area (Å²) in [6.45, 7) is 4.24. The number of thiophene rings is 1. The SMILES string of the molecule is Cc1cc(C)c(C(Br)c2ccc(Cl)cc2Cl)s1. The molecule has 0 spiro atoms. The Morgan fingerprint density at radius 2 is 1.88 bits per heavy atom. The number of halogens is 3. The van der Waals surface area contributed by atoms with E-state index in [-0.39, 0.29) is 4.83 Å². The molecule has 0 saturated heterocycles. The standard InChI is InChI=1S/C13H11BrCl2S/c1-7-5-8(2)17-13(7)12(14)10-4-3-9(15)6-11(10)16/h3-6,12H,1-2H3. The van der Waals surface area contributed by atoms with Gasteiger partial charge >= 0.3 is 0 Å². The van der Waals surface area contributed by atoms with Gasteiger partial charge < -0.3 is 0 Å². The van der Waals surface area contributed by atoms with Crippen LogP contribution in [0.5, 0.6) is 0 Å². The summed E-state index contributed by atoms with van der Waals surface area (Å²) in [6.07, 6.45) is 0. The molecule has 1 heterocycles. The summed E-state index contributed by atoms with van der Waals surface area (Å²) in [4.78, 5) is 2.74. The monoisotopic (exact) mass is 348 g/mol. The Kier molecular flexibility index (Phi) is 4.19. The average molecular weight is 350 g/mol. The van der Waals surface area contributed by atoms with Gasteiger partial charge in [0.25, 0.3) is 0 Å². The van der Waals surface area contributed by atoms with Crippen LogP contribution < -0.4 is 0 Å². The van der Waals surface area contributed by atoms with E-state index in [2.05, 4.69) is 35.8 Å². The number of aryl methyl sites for hydroxylation is 2. The van der Waals surface area contributed by atoms with Crippen molar-refractivity contribution in [3.63, 3.8) is 0 Å². The quantitative estimate of drug-likeness (QED) is 0.570. The molecular weight excluding hydrogens is 339 g/mol. The van der Waals surface area contributed by atoms with Crippen LogP contribution in [0.25, 0.3) is 0 Å². The van der Waals surface area contributed by atoms with Crippen LogP contribution in [0, 0.1) is 13.8 Å². The van der Waals surface area contributed by atoms with Crippen molar-refractivity contribution in [2.75, 3.05) is 0 Å². The second kappa shape index (κ2) is 5.31. The van der Waals surface area contributed by atoms with E-state index in [1.54, 1.807) is 17.4 Å². The summed E-state index contributed by atoms with van der Waals surface area (Å²) in [5.74, 6) is 0. The van der Waals surface area contributed by atoms with E-state index < -0.39 is 0 Å². The van der Waals surface area contributed by atoms with Crippen molar-refractivity contribution in [3.05, 3.63) is 55.2 Å². The second-order valence-electron chi connectivity index (χ2n) is 3.93. The van der Waals surface area contributed by atoms with Gasteiger partial charge in [0.15, 0.2) is 0 Å². The first kappa shape index (κ1) is 13.4. The molecule has 0 aliphatic heterocycles. The topological polar surface area (TPSA) is 0 Å². The highest BCUT2D eigenvalue weighted by molar-refractivity contribution is 9.09. The van der Waals surface area contributed by atoms with Crippen molar-refractivity contribution >= 4 is 50.5 Å². The first-order chi connectivity index (χ1) is 7.99. The Bertz CT molecular complexity index is 548. The maximum Gasteiger partial charge on any atom is 0.0755 e. The Labute approximate surface area is 124 Å². The number of benzene rings is 1. The van der Waals surface area contributed by atoms with Gasteiger partial charge in [0.1, 0.15) is 0 Å². The van der Waals surface area contributed by atoms with Gasteiger partial charge in [-0.05, 0) is 43.2 Å². The zero-order valence-electron chi connectivity index (χ0n) is 9.43. The molecule has 90 valence electrons. The molecule has 0 saturated carbocycles. The van der Waals surface area contributed by atoms with E-state index in [1.807, 2.05) is 12.1 Å². The fourth-order valence-corrected chi connectivity index (χ4v) is 4.48. The number of hydrogen-bond donors (Lipinski definition) is 0. The van der Waals surface area contributed by atoms with E-state index in [1.165, 1.54) is 15.3 Å². The van der Waals surface area contributed by atoms with Gasteiger partial charge in [0.2, 0.25) is 0 Å². The Hall–Kier alpha value is -0.0200. The second-order valence-corrected chi connectivity index (χ2v) is 6.98. The van der Waals surface area contributed by atoms with Crippen LogP contribution in [0.1, 0.15) is 25.7 Å². The van der Waals surface area contributed by atoms with Crippen LogP contribution in [0.4, 0.5) is 0 Å². The third kappa shape index (κ3) is 2.87. The molecule has 0 amide bonds. The van der Waals surface area contributed by atoms with Crippen LogP contribution in [0.2, 0.25) is 10.0 Å². The fourth-order valence-electron chi connectivity index (χ4n) is 1.76. The fraction of sp³-hybridized carbons (Fsp3) is 0.231. The van der Waals surface area contributed by atoms with Gasteiger partial charge in [-0.15, -0.1) is 11.3 Å². The zero-order valence-corrected chi connectivity index (χ0v) is 13.3. The first-order valence-electron chi connectivity index (χ1n) is 5.15. The largest absolute Gasteiger partial charge is 0.144 e. The highest BCUT2D eigenvalue weighted by Crippen LogP contribution is 2.41. The van der Waals surface area contributed by atoms with Gasteiger partial charge in [-0.1, -0.05) is 45.2 Å². The van der Waals surface area contributed by atoms with Crippen LogP contribution in [-0.2, 0) is 0 Å². The lowest BCUT2D eigenvalue weighted by Crippen LogP contribution is -1.92. The summed E-state index contributed by atoms with van der Waals surface area (Å²) in [5.41, 5.74) is 2.35. The molecule has 0 fully saturated rings. The minimum Gasteiger partial charge on any atom is -0.144 e. The van der Waals surface area contributed by atoms with E-state index in [4.69, 9.17) is 23.2 Å². The van der Waals surface area contributed by atoms with Gasteiger partial charge in [0, 0.05) is 19.8 Å². The lowest BCUT2D eigenvalue weighted by molar-refractivity contribution is 1.19. The Morgan fingerprint density at radius 1 is 1.18 bits per heavy atom. The lowest BCUT2D eigenvalue weighted by Gasteiger charge is -2.12. The van der Waals surface area contributed by atoms with Crippen LogP contribution >= 0.6 is 50.5 Å². The average Bonchev–Trinajstić information content (AvgIpc) is 2.57. The predicted molar refractivity (Wildman–Crippen MR) is 81.0 cm³/mol. The molecule has 4 heteroatoms. The molecule has 0 bridgehead atoms. The van der Waals surface area contributed by atoms with E-state index in [0.29, 0.717) is 10.0 Å². The third-order valence-corrected chi connectivity index (χ3v) is 5.58. The molecule has 0 nitrogen and oxygen atoms in total. The third-order valence-electron chi connectivity index (χ3n) is 2.55. The number of hydrogen-bond acceptors (Lipinski definition) is 1. The summed E-state index contributed by atoms with van der Waals surface area (Å²) < 4.78 is 0. The Morgan fingerprint density at radius 3 is 2.41 bits per heavy atom. The van der Waals surface area contributed by atoms with Gasteiger partial charge in [-0.2, -0.15) is 0 Å². The van der Waals surface area contributed by atoms with Crippen LogP contribution in [-0.4, -0.2) is 0 Å². The van der Waals surface area contributed by atoms with E-state index in [9.17, 15) is 0 Å². The van der Waals surface area contributed by atoms with Gasteiger partial charge in [0.05, 0.1) is 4.83 Å². The molecule has 0 aliphatic rings. The molecule has 1 atom stereocenters. The molecule has 2 aromatic rings. The highest BCUT2D eigenvalue weighted by atomic mass is 79.9. The zero-order chi connectivity index (χ0) is 12.6. The van der Waals surface area contributed by atoms with Crippen molar-refractivity contribution < 1.29 is 0 Å². The van der Waals surface area contributed by atoms with Crippen molar-refractivity contribution in [3.8, 4) is 0 Å². The highest BCUT2D eigenvalue weighted by Gasteiger charge is 2.18. The number of rotatable bonds is 2. The summed E-state index contributed by atoms with van der Waals surface area (Å²) >= 11 is 17.6. The predicted octanol–water partition coefficient (Wildman–Crippen LogP) is 6.16. The molecular formula is C13H11BrCl2S. The smallest absolute Gasteiger partial charge is 0.0755 e. The molecule has 1 aromatic carbocycles. The van der Waals surface area contributed by atoms with Crippen molar-refractivity contribution in [2.24, 2.45) is 0 Å². The molecule has 0 radical (unpaired) electrons. The normalized spacial score (nSPS) is 12.8. The van der Waals surface area contributed by atoms with Crippen molar-refractivity contribution in [2.45, 2.75) is 18.7 Å². The lowest BCUT2D eigenvalue weighted by atomic mass is 10.1. The Balaban J connectivity index is 2.43. The van der Waals surface area contributed by atoms with Crippen LogP contribution in [0.15, 0.2) is 24.3 Å². The van der Waals surface area contributed by atoms with Gasteiger partial charge in [-0.3, -0.25) is 0 Å². The molecule has 0 N–H and O–H groups in total. The first-order valence-corrected chi connectivity index (χ1v) is 7.64. The molecule has 1 unspecified atom stereocenters. The van der Waals surface area contributed by atoms with Crippen molar-refractivity contribution in [1.29, 1.82) is 0 Å². The minimum atomic E-state index is 0.131. The molecule has 2 rings (SSSR count). The van der Waals surface area contributed by atoms with E-state index >= 15 is 0 Å². The summed E-state index contributed by atoms with van der Waals surface area (Å²) in [5, 5.41) is 1.36. The molecule has 0 aliphatic carbocycles. The maximum atomic E-state index is 6.22. The van der Waals surface area contributed by atoms with Gasteiger partial charge in [-0.25, -0.2) is 0 Å². The molecule has 17 heavy (non-hydrogen) atoms. The minimum absolute atomic E-state index is 0.131. The van der Waals surface area contributed by atoms with E-state index in [0.717, 1.165) is 5.56 Å². The summed E-state index contributed by atoms with van der Waals surface area (Å²) in [7, 11) is 0. The van der Waals surface area contributed by atoms with Crippen LogP contribution in [0.3, 0.4) is 0 Å². The number of alkyl halides is 1. The molecule has 1 aromatic heterocycles. The van der Waals surface area contributed by atoms with Crippen molar-refractivity contribution in [1.82, 2.24) is 0 Å². The maximum absolute atomic E-state index is 6.22.